The van der Waals surface area contributed by atoms with Gasteiger partial charge in [-0.05, 0) is 36.2 Å². The molecule has 0 saturated carbocycles. The van der Waals surface area contributed by atoms with Gasteiger partial charge in [-0.3, -0.25) is 0 Å². The molecule has 0 radical (unpaired) electrons. The number of H-pyrrole nitrogens is 1. The molecule has 0 saturated heterocycles. The number of nitrogens with one attached hydrogen (secondary N) is 1. The minimum absolute atomic E-state index is 0.466. The Morgan fingerprint density at radius 1 is 1.10 bits per heavy atom. The van der Waals surface area contributed by atoms with Crippen LogP contribution in [-0.2, 0) is 6.54 Å². The Balaban J connectivity index is 1.93. The summed E-state index contributed by atoms with van der Waals surface area (Å²) >= 11 is 0. The summed E-state index contributed by atoms with van der Waals surface area (Å²) in [4.78, 5) is 5.91. The molecule has 0 spiro atoms. The van der Waals surface area contributed by atoms with E-state index < -0.39 is 0 Å². The second-order valence-electron chi connectivity index (χ2n) is 6.19. The number of aromatic amines is 1. The maximum Gasteiger partial charge on any atom is 0.0505 e. The van der Waals surface area contributed by atoms with Crippen molar-refractivity contribution in [2.45, 2.75) is 19.4 Å². The number of benzene rings is 2. The summed E-state index contributed by atoms with van der Waals surface area (Å²) in [5, 5.41) is 1.36. The van der Waals surface area contributed by atoms with E-state index in [0.29, 0.717) is 5.92 Å². The van der Waals surface area contributed by atoms with Gasteiger partial charge >= 0.3 is 0 Å². The van der Waals surface area contributed by atoms with Crippen molar-refractivity contribution >= 4 is 10.9 Å². The van der Waals surface area contributed by atoms with E-state index in [0.717, 1.165) is 13.1 Å². The molecule has 0 amide bonds. The topological polar surface area (TPSA) is 19.0 Å². The van der Waals surface area contributed by atoms with Gasteiger partial charge in [0.2, 0.25) is 0 Å². The minimum atomic E-state index is 0.466. The van der Waals surface area contributed by atoms with Crippen LogP contribution in [0.25, 0.3) is 10.9 Å². The van der Waals surface area contributed by atoms with Gasteiger partial charge in [-0.25, -0.2) is 0 Å². The summed E-state index contributed by atoms with van der Waals surface area (Å²) in [6.07, 6.45) is 2.12. The molecule has 2 nitrogen and oxygen atoms in total. The summed E-state index contributed by atoms with van der Waals surface area (Å²) in [6, 6.07) is 15.5. The van der Waals surface area contributed by atoms with Crippen molar-refractivity contribution in [3.8, 4) is 0 Å². The van der Waals surface area contributed by atoms with Crippen molar-refractivity contribution in [1.29, 1.82) is 0 Å². The highest BCUT2D eigenvalue weighted by atomic mass is 15.1. The number of hydrogen-bond acceptors (Lipinski definition) is 1. The molecule has 2 heteroatoms. The van der Waals surface area contributed by atoms with Crippen LogP contribution in [0.1, 0.15) is 28.2 Å². The average molecular weight is 276 g/mol. The molecule has 0 aliphatic carbocycles. The quantitative estimate of drug-likeness (QED) is 0.710. The molecule has 106 valence electrons. The van der Waals surface area contributed by atoms with Gasteiger partial charge in [-0.1, -0.05) is 42.5 Å². The number of hydrogen-bond donors (Lipinski definition) is 1. The van der Waals surface area contributed by atoms with Crippen LogP contribution in [0.3, 0.4) is 0 Å². The van der Waals surface area contributed by atoms with Crippen LogP contribution in [0, 0.1) is 6.92 Å². The summed E-state index contributed by atoms with van der Waals surface area (Å²) < 4.78 is 0. The lowest BCUT2D eigenvalue weighted by molar-refractivity contribution is 0.296. The van der Waals surface area contributed by atoms with E-state index in [9.17, 15) is 0 Å². The summed E-state index contributed by atoms with van der Waals surface area (Å²) in [5.41, 5.74) is 7.00. The Bertz CT molecular complexity index is 786. The number of fused-ring (bicyclic) bond motifs is 3. The van der Waals surface area contributed by atoms with Gasteiger partial charge in [0, 0.05) is 30.6 Å². The van der Waals surface area contributed by atoms with Gasteiger partial charge in [-0.15, -0.1) is 0 Å². The first-order valence-electron chi connectivity index (χ1n) is 7.57. The number of rotatable bonds is 1. The van der Waals surface area contributed by atoms with Crippen molar-refractivity contribution in [2.24, 2.45) is 0 Å². The normalized spacial score (nSPS) is 18.9. The van der Waals surface area contributed by atoms with Crippen molar-refractivity contribution in [2.75, 3.05) is 13.6 Å². The molecule has 1 atom stereocenters. The standard InChI is InChI=1S/C19H20N2/c1-13-10-20-19-15(13)8-9-16-17(11-21(2)12-18(16)19)14-6-4-3-5-7-14/h3-10,17,20H,11-12H2,1-2H3. The zero-order valence-corrected chi connectivity index (χ0v) is 12.6. The van der Waals surface area contributed by atoms with Crippen LogP contribution >= 0.6 is 0 Å². The van der Waals surface area contributed by atoms with E-state index in [2.05, 4.69) is 72.5 Å². The Kier molecular flexibility index (Phi) is 2.86. The highest BCUT2D eigenvalue weighted by molar-refractivity contribution is 5.87. The van der Waals surface area contributed by atoms with Gasteiger partial charge < -0.3 is 9.88 Å². The molecule has 0 bridgehead atoms. The molecule has 1 aliphatic rings. The van der Waals surface area contributed by atoms with Crippen molar-refractivity contribution in [3.05, 3.63) is 70.9 Å². The van der Waals surface area contributed by atoms with Gasteiger partial charge in [0.15, 0.2) is 0 Å². The van der Waals surface area contributed by atoms with Crippen LogP contribution in [0.2, 0.25) is 0 Å². The molecule has 1 aromatic heterocycles. The Morgan fingerprint density at radius 3 is 2.71 bits per heavy atom. The summed E-state index contributed by atoms with van der Waals surface area (Å²) in [5.74, 6) is 0.466. The molecular formula is C19H20N2. The number of aromatic nitrogens is 1. The predicted molar refractivity (Wildman–Crippen MR) is 87.7 cm³/mol. The fraction of sp³-hybridized carbons (Fsp3) is 0.263. The Labute approximate surface area is 125 Å². The zero-order valence-electron chi connectivity index (χ0n) is 12.6. The highest BCUT2D eigenvalue weighted by Crippen LogP contribution is 2.36. The lowest BCUT2D eigenvalue weighted by atomic mass is 9.84. The highest BCUT2D eigenvalue weighted by Gasteiger charge is 2.26. The van der Waals surface area contributed by atoms with E-state index in [1.54, 1.807) is 0 Å². The van der Waals surface area contributed by atoms with E-state index in [-0.39, 0.29) is 0 Å². The molecule has 1 unspecified atom stereocenters. The smallest absolute Gasteiger partial charge is 0.0505 e. The minimum Gasteiger partial charge on any atom is -0.361 e. The fourth-order valence-electron chi connectivity index (χ4n) is 3.63. The zero-order chi connectivity index (χ0) is 14.4. The van der Waals surface area contributed by atoms with E-state index in [4.69, 9.17) is 0 Å². The monoisotopic (exact) mass is 276 g/mol. The third-order valence-electron chi connectivity index (χ3n) is 4.71. The largest absolute Gasteiger partial charge is 0.361 e. The first-order chi connectivity index (χ1) is 10.2. The van der Waals surface area contributed by atoms with E-state index in [1.165, 1.54) is 33.2 Å². The molecule has 1 aliphatic heterocycles. The maximum absolute atomic E-state index is 3.48. The molecule has 21 heavy (non-hydrogen) atoms. The van der Waals surface area contributed by atoms with Crippen molar-refractivity contribution in [3.63, 3.8) is 0 Å². The third-order valence-corrected chi connectivity index (χ3v) is 4.71. The molecule has 2 aromatic carbocycles. The van der Waals surface area contributed by atoms with E-state index in [1.807, 2.05) is 0 Å². The SMILES string of the molecule is Cc1c[nH]c2c3c(ccc12)C(c1ccccc1)CN(C)C3. The first kappa shape index (κ1) is 12.7. The average Bonchev–Trinajstić information content (AvgIpc) is 2.89. The lowest BCUT2D eigenvalue weighted by Crippen LogP contribution is -2.31. The van der Waals surface area contributed by atoms with Crippen LogP contribution < -0.4 is 0 Å². The second-order valence-corrected chi connectivity index (χ2v) is 6.19. The van der Waals surface area contributed by atoms with Crippen LogP contribution in [-0.4, -0.2) is 23.5 Å². The van der Waals surface area contributed by atoms with Gasteiger partial charge in [0.05, 0.1) is 5.52 Å². The van der Waals surface area contributed by atoms with Gasteiger partial charge in [0.25, 0.3) is 0 Å². The molecule has 1 N–H and O–H groups in total. The molecule has 0 fully saturated rings. The van der Waals surface area contributed by atoms with Crippen LogP contribution in [0.4, 0.5) is 0 Å². The second kappa shape index (κ2) is 4.74. The molecular weight excluding hydrogens is 256 g/mol. The van der Waals surface area contributed by atoms with Crippen molar-refractivity contribution in [1.82, 2.24) is 9.88 Å². The lowest BCUT2D eigenvalue weighted by Gasteiger charge is -2.33. The van der Waals surface area contributed by atoms with Crippen LogP contribution in [0.15, 0.2) is 48.7 Å². The summed E-state index contributed by atoms with van der Waals surface area (Å²) in [7, 11) is 2.22. The van der Waals surface area contributed by atoms with Gasteiger partial charge in [-0.2, -0.15) is 0 Å². The molecule has 2 heterocycles. The first-order valence-corrected chi connectivity index (χ1v) is 7.57. The van der Waals surface area contributed by atoms with Gasteiger partial charge in [0.1, 0.15) is 0 Å². The number of aryl methyl sites for hydroxylation is 1. The predicted octanol–water partition coefficient (Wildman–Crippen LogP) is 4.05. The molecule has 3 aromatic rings. The van der Waals surface area contributed by atoms with E-state index >= 15 is 0 Å². The Hall–Kier alpha value is -2.06. The summed E-state index contributed by atoms with van der Waals surface area (Å²) in [6.45, 7) is 4.28. The third kappa shape index (κ3) is 1.98. The number of nitrogens with zero attached hydrogens (tertiary/aromatic N) is 1. The molecule has 4 rings (SSSR count). The van der Waals surface area contributed by atoms with Crippen molar-refractivity contribution < 1.29 is 0 Å². The Morgan fingerprint density at radius 2 is 1.90 bits per heavy atom. The maximum atomic E-state index is 3.48. The number of likely N-dealkylation sites (N-methyl/N-ethyl adjacent to an activating group) is 1. The fourth-order valence-corrected chi connectivity index (χ4v) is 3.63. The van der Waals surface area contributed by atoms with Crippen LogP contribution in [0.5, 0.6) is 0 Å².